The van der Waals surface area contributed by atoms with E-state index < -0.39 is 0 Å². The topological polar surface area (TPSA) is 84.1 Å². The van der Waals surface area contributed by atoms with Gasteiger partial charge in [-0.15, -0.1) is 0 Å². The van der Waals surface area contributed by atoms with Crippen LogP contribution in [0, 0.1) is 6.92 Å². The smallest absolute Gasteiger partial charge is 0.278 e. The van der Waals surface area contributed by atoms with Crippen molar-refractivity contribution in [2.45, 2.75) is 56.8 Å². The fraction of sp³-hybridized carbons (Fsp3) is 0.476. The van der Waals surface area contributed by atoms with Crippen LogP contribution in [0.15, 0.2) is 38.8 Å². The molecule has 0 radical (unpaired) electrons. The molecule has 1 N–H and O–H groups in total. The number of hydrogen-bond donors (Lipinski definition) is 1. The molecule has 3 aromatic rings. The summed E-state index contributed by atoms with van der Waals surface area (Å²) in [7, 11) is 1.89. The molecule has 29 heavy (non-hydrogen) atoms. The van der Waals surface area contributed by atoms with E-state index in [1.165, 1.54) is 31.0 Å². The lowest BCUT2D eigenvalue weighted by molar-refractivity contribution is -0.129. The maximum atomic E-state index is 13.1. The maximum absolute atomic E-state index is 13.1. The molecule has 154 valence electrons. The average Bonchev–Trinajstić information content (AvgIpc) is 3.37. The van der Waals surface area contributed by atoms with Crippen LogP contribution in [0.1, 0.15) is 43.6 Å². The number of furan rings is 1. The largest absolute Gasteiger partial charge is 0.467 e. The van der Waals surface area contributed by atoms with Gasteiger partial charge in [-0.2, -0.15) is 0 Å². The first-order valence-corrected chi connectivity index (χ1v) is 11.0. The molecule has 0 saturated heterocycles. The molecule has 7 nitrogen and oxygen atoms in total. The van der Waals surface area contributed by atoms with Crippen molar-refractivity contribution < 1.29 is 9.21 Å². The monoisotopic (exact) mass is 414 g/mol. The fourth-order valence-electron chi connectivity index (χ4n) is 3.92. The Labute approximate surface area is 173 Å². The molecule has 3 heterocycles. The first-order valence-electron chi connectivity index (χ1n) is 10.0. The summed E-state index contributed by atoms with van der Waals surface area (Å²) < 4.78 is 7.00. The van der Waals surface area contributed by atoms with Gasteiger partial charge < -0.3 is 14.3 Å². The third-order valence-electron chi connectivity index (χ3n) is 5.57. The SMILES string of the molecule is Cc1cc2nc(SCC(=O)N(C)C3CCCCC3)n(Cc3ccco3)c(=O)c2[nH]1. The number of H-pyrrole nitrogens is 1. The number of rotatable bonds is 6. The number of hydrogen-bond acceptors (Lipinski definition) is 5. The van der Waals surface area contributed by atoms with Gasteiger partial charge in [0, 0.05) is 18.8 Å². The summed E-state index contributed by atoms with van der Waals surface area (Å²) in [5.41, 5.74) is 1.82. The highest BCUT2D eigenvalue weighted by Crippen LogP contribution is 2.24. The minimum absolute atomic E-state index is 0.0750. The van der Waals surface area contributed by atoms with E-state index in [1.54, 1.807) is 16.9 Å². The van der Waals surface area contributed by atoms with Gasteiger partial charge in [-0.25, -0.2) is 4.98 Å². The second-order valence-corrected chi connectivity index (χ2v) is 8.61. The number of aromatic amines is 1. The first kappa shape index (κ1) is 19.8. The minimum atomic E-state index is -0.157. The highest BCUT2D eigenvalue weighted by Gasteiger charge is 2.23. The van der Waals surface area contributed by atoms with Gasteiger partial charge in [-0.1, -0.05) is 31.0 Å². The second kappa shape index (κ2) is 8.49. The van der Waals surface area contributed by atoms with Gasteiger partial charge in [0.1, 0.15) is 11.3 Å². The number of carbonyl (C=O) groups excluding carboxylic acids is 1. The zero-order valence-electron chi connectivity index (χ0n) is 16.8. The van der Waals surface area contributed by atoms with Crippen LogP contribution < -0.4 is 5.56 Å². The average molecular weight is 415 g/mol. The van der Waals surface area contributed by atoms with Crippen molar-refractivity contribution >= 4 is 28.7 Å². The third-order valence-corrected chi connectivity index (χ3v) is 6.53. The molecular weight excluding hydrogens is 388 g/mol. The van der Waals surface area contributed by atoms with E-state index in [-0.39, 0.29) is 23.8 Å². The third kappa shape index (κ3) is 4.27. The Morgan fingerprint density at radius 1 is 1.38 bits per heavy atom. The summed E-state index contributed by atoms with van der Waals surface area (Å²) in [6, 6.07) is 5.80. The lowest BCUT2D eigenvalue weighted by Gasteiger charge is -2.31. The fourth-order valence-corrected chi connectivity index (χ4v) is 4.84. The molecule has 1 aliphatic rings. The normalized spacial score (nSPS) is 15.1. The number of aryl methyl sites for hydroxylation is 1. The molecular formula is C21H26N4O3S. The molecule has 3 aromatic heterocycles. The van der Waals surface area contributed by atoms with Crippen LogP contribution in [0.3, 0.4) is 0 Å². The number of aromatic nitrogens is 3. The number of amides is 1. The number of fused-ring (bicyclic) bond motifs is 1. The molecule has 8 heteroatoms. The molecule has 0 unspecified atom stereocenters. The van der Waals surface area contributed by atoms with Gasteiger partial charge in [-0.05, 0) is 38.0 Å². The van der Waals surface area contributed by atoms with Crippen molar-refractivity contribution in [3.8, 4) is 0 Å². The number of nitrogens with one attached hydrogen (secondary N) is 1. The van der Waals surface area contributed by atoms with E-state index in [1.807, 2.05) is 31.0 Å². The number of thioether (sulfide) groups is 1. The minimum Gasteiger partial charge on any atom is -0.467 e. The first-order chi connectivity index (χ1) is 14.0. The maximum Gasteiger partial charge on any atom is 0.278 e. The Balaban J connectivity index is 1.58. The van der Waals surface area contributed by atoms with Gasteiger partial charge in [-0.3, -0.25) is 14.2 Å². The van der Waals surface area contributed by atoms with E-state index in [0.29, 0.717) is 28.0 Å². The van der Waals surface area contributed by atoms with Crippen LogP contribution in [0.2, 0.25) is 0 Å². The van der Waals surface area contributed by atoms with Crippen molar-refractivity contribution in [1.29, 1.82) is 0 Å². The zero-order valence-corrected chi connectivity index (χ0v) is 17.6. The predicted molar refractivity (Wildman–Crippen MR) is 113 cm³/mol. The van der Waals surface area contributed by atoms with E-state index >= 15 is 0 Å². The molecule has 1 fully saturated rings. The summed E-state index contributed by atoms with van der Waals surface area (Å²) in [5, 5.41) is 0.531. The van der Waals surface area contributed by atoms with Crippen LogP contribution >= 0.6 is 11.8 Å². The molecule has 1 amide bonds. The summed E-state index contributed by atoms with van der Waals surface area (Å²) in [5.74, 6) is 1.00. The van der Waals surface area contributed by atoms with Gasteiger partial charge in [0.25, 0.3) is 5.56 Å². The van der Waals surface area contributed by atoms with Crippen LogP contribution in [0.4, 0.5) is 0 Å². The van der Waals surface area contributed by atoms with Crippen LogP contribution in [0.5, 0.6) is 0 Å². The molecule has 1 saturated carbocycles. The standard InChI is InChI=1S/C21H26N4O3S/c1-14-11-17-19(22-14)20(27)25(12-16-9-6-10-28-16)21(23-17)29-13-18(26)24(2)15-7-4-3-5-8-15/h6,9-11,15,22H,3-5,7-8,12-13H2,1-2H3. The second-order valence-electron chi connectivity index (χ2n) is 7.66. The van der Waals surface area contributed by atoms with Crippen molar-refractivity contribution in [2.75, 3.05) is 12.8 Å². The summed E-state index contributed by atoms with van der Waals surface area (Å²) in [4.78, 5) is 35.4. The summed E-state index contributed by atoms with van der Waals surface area (Å²) >= 11 is 1.31. The van der Waals surface area contributed by atoms with Gasteiger partial charge in [0.05, 0.1) is 24.1 Å². The van der Waals surface area contributed by atoms with Crippen molar-refractivity contribution in [2.24, 2.45) is 0 Å². The molecule has 1 aliphatic carbocycles. The van der Waals surface area contributed by atoms with Crippen molar-refractivity contribution in [3.05, 3.63) is 46.3 Å². The predicted octanol–water partition coefficient (Wildman–Crippen LogP) is 3.56. The van der Waals surface area contributed by atoms with Crippen LogP contribution in [-0.4, -0.2) is 44.2 Å². The molecule has 4 rings (SSSR count). The Kier molecular flexibility index (Phi) is 5.80. The summed E-state index contributed by atoms with van der Waals surface area (Å²) in [6.07, 6.45) is 7.35. The van der Waals surface area contributed by atoms with E-state index in [4.69, 9.17) is 4.42 Å². The Morgan fingerprint density at radius 3 is 2.90 bits per heavy atom. The quantitative estimate of drug-likeness (QED) is 0.492. The van der Waals surface area contributed by atoms with E-state index in [2.05, 4.69) is 9.97 Å². The molecule has 0 bridgehead atoms. The Hall–Kier alpha value is -2.48. The van der Waals surface area contributed by atoms with E-state index in [0.717, 1.165) is 18.5 Å². The van der Waals surface area contributed by atoms with Gasteiger partial charge >= 0.3 is 0 Å². The molecule has 0 aliphatic heterocycles. The lowest BCUT2D eigenvalue weighted by Crippen LogP contribution is -2.39. The highest BCUT2D eigenvalue weighted by atomic mass is 32.2. The highest BCUT2D eigenvalue weighted by molar-refractivity contribution is 7.99. The van der Waals surface area contributed by atoms with Crippen molar-refractivity contribution in [3.63, 3.8) is 0 Å². The van der Waals surface area contributed by atoms with Gasteiger partial charge in [0.15, 0.2) is 5.16 Å². The Bertz CT molecular complexity index is 1050. The van der Waals surface area contributed by atoms with E-state index in [9.17, 15) is 9.59 Å². The molecule has 0 atom stereocenters. The lowest BCUT2D eigenvalue weighted by atomic mass is 9.94. The van der Waals surface area contributed by atoms with Gasteiger partial charge in [0.2, 0.25) is 5.91 Å². The Morgan fingerprint density at radius 2 is 2.17 bits per heavy atom. The zero-order chi connectivity index (χ0) is 20.4. The molecule has 0 spiro atoms. The van der Waals surface area contributed by atoms with Crippen LogP contribution in [0.25, 0.3) is 11.0 Å². The van der Waals surface area contributed by atoms with Crippen LogP contribution in [-0.2, 0) is 11.3 Å². The van der Waals surface area contributed by atoms with Crippen molar-refractivity contribution in [1.82, 2.24) is 19.4 Å². The number of nitrogens with zero attached hydrogens (tertiary/aromatic N) is 3. The molecule has 0 aromatic carbocycles. The number of carbonyl (C=O) groups is 1. The summed E-state index contributed by atoms with van der Waals surface area (Å²) in [6.45, 7) is 2.18.